The fourth-order valence-corrected chi connectivity index (χ4v) is 2.20. The van der Waals surface area contributed by atoms with Gasteiger partial charge in [0.1, 0.15) is 22.6 Å². The van der Waals surface area contributed by atoms with Gasteiger partial charge in [0, 0.05) is 0 Å². The number of carboxylic acid groups (broad SMARTS) is 2. The van der Waals surface area contributed by atoms with Crippen molar-refractivity contribution in [3.8, 4) is 11.5 Å². The van der Waals surface area contributed by atoms with Crippen molar-refractivity contribution in [1.82, 2.24) is 0 Å². The van der Waals surface area contributed by atoms with Gasteiger partial charge in [0.05, 0.1) is 13.2 Å². The molecule has 0 aliphatic carbocycles. The van der Waals surface area contributed by atoms with E-state index in [1.807, 2.05) is 0 Å². The largest absolute Gasteiger partial charge is 0.493 e. The Balaban J connectivity index is 0. The van der Waals surface area contributed by atoms with Crippen LogP contribution in [0, 0.1) is 0 Å². The predicted octanol–water partition coefficient (Wildman–Crippen LogP) is 5.06. The molecule has 1 aromatic carbocycles. The summed E-state index contributed by atoms with van der Waals surface area (Å²) in [6, 6.07) is 2.49. The highest BCUT2D eigenvalue weighted by Gasteiger charge is 2.20. The predicted molar refractivity (Wildman–Crippen MR) is 105 cm³/mol. The van der Waals surface area contributed by atoms with E-state index < -0.39 is 11.9 Å². The standard InChI is InChI=1S/C18H26O6.2ClH/c1-3-5-7-9-23-15-11-14(18(21)22)16(12-13(15)17(19)20)24-10-8-6-4-2;;/h11-12H,3-10H2,1-2H3,(H,19,20)(H,21,22);2*1H. The topological polar surface area (TPSA) is 93.1 Å². The van der Waals surface area contributed by atoms with E-state index in [2.05, 4.69) is 13.8 Å². The minimum Gasteiger partial charge on any atom is -0.493 e. The highest BCUT2D eigenvalue weighted by Crippen LogP contribution is 2.30. The van der Waals surface area contributed by atoms with Gasteiger partial charge in [0.2, 0.25) is 0 Å². The molecule has 8 heteroatoms. The number of aromatic carboxylic acids is 2. The summed E-state index contributed by atoms with van der Waals surface area (Å²) in [5.74, 6) is -2.21. The van der Waals surface area contributed by atoms with E-state index in [1.165, 1.54) is 12.1 Å². The first kappa shape index (κ1) is 26.6. The van der Waals surface area contributed by atoms with Crippen LogP contribution in [0.4, 0.5) is 0 Å². The number of ether oxygens (including phenoxy) is 2. The molecular weight excluding hydrogens is 383 g/mol. The molecule has 26 heavy (non-hydrogen) atoms. The Morgan fingerprint density at radius 3 is 1.38 bits per heavy atom. The molecule has 0 unspecified atom stereocenters. The minimum atomic E-state index is -1.17. The van der Waals surface area contributed by atoms with Crippen molar-refractivity contribution in [2.24, 2.45) is 0 Å². The summed E-state index contributed by atoms with van der Waals surface area (Å²) < 4.78 is 11.0. The Morgan fingerprint density at radius 1 is 0.769 bits per heavy atom. The Bertz CT molecular complexity index is 513. The zero-order chi connectivity index (χ0) is 17.9. The van der Waals surface area contributed by atoms with E-state index in [0.717, 1.165) is 38.5 Å². The summed E-state index contributed by atoms with van der Waals surface area (Å²) in [6.07, 6.45) is 5.53. The summed E-state index contributed by atoms with van der Waals surface area (Å²) in [6.45, 7) is 4.81. The SMILES string of the molecule is CCCCCOc1cc(C(=O)O)c(OCCCCC)cc1C(=O)O.Cl.Cl. The Kier molecular flexibility index (Phi) is 14.8. The molecule has 0 saturated carbocycles. The minimum absolute atomic E-state index is 0. The Labute approximate surface area is 166 Å². The average molecular weight is 411 g/mol. The highest BCUT2D eigenvalue weighted by atomic mass is 35.5. The van der Waals surface area contributed by atoms with Gasteiger partial charge in [-0.2, -0.15) is 0 Å². The van der Waals surface area contributed by atoms with Gasteiger partial charge in [0.15, 0.2) is 0 Å². The van der Waals surface area contributed by atoms with E-state index in [0.29, 0.717) is 13.2 Å². The van der Waals surface area contributed by atoms with Crippen LogP contribution in [-0.4, -0.2) is 35.4 Å². The number of carboxylic acids is 2. The van der Waals surface area contributed by atoms with Crippen LogP contribution in [0.15, 0.2) is 12.1 Å². The first-order valence-electron chi connectivity index (χ1n) is 8.41. The van der Waals surface area contributed by atoms with E-state index >= 15 is 0 Å². The van der Waals surface area contributed by atoms with Crippen molar-refractivity contribution in [3.05, 3.63) is 23.3 Å². The fraction of sp³-hybridized carbons (Fsp3) is 0.556. The summed E-state index contributed by atoms with van der Waals surface area (Å²) in [4.78, 5) is 22.9. The van der Waals surface area contributed by atoms with Crippen molar-refractivity contribution >= 4 is 36.8 Å². The molecule has 0 radical (unpaired) electrons. The van der Waals surface area contributed by atoms with Crippen LogP contribution in [0.5, 0.6) is 11.5 Å². The monoisotopic (exact) mass is 410 g/mol. The van der Waals surface area contributed by atoms with Crippen LogP contribution in [0.25, 0.3) is 0 Å². The van der Waals surface area contributed by atoms with Gasteiger partial charge in [-0.3, -0.25) is 0 Å². The lowest BCUT2D eigenvalue weighted by atomic mass is 10.1. The molecule has 0 bridgehead atoms. The third kappa shape index (κ3) is 8.63. The van der Waals surface area contributed by atoms with Crippen molar-refractivity contribution < 1.29 is 29.3 Å². The molecule has 0 fully saturated rings. The van der Waals surface area contributed by atoms with Gasteiger partial charge in [-0.1, -0.05) is 39.5 Å². The molecule has 0 aliphatic rings. The third-order valence-corrected chi connectivity index (χ3v) is 3.55. The van der Waals surface area contributed by atoms with E-state index in [4.69, 9.17) is 9.47 Å². The molecule has 0 aliphatic heterocycles. The second-order valence-electron chi connectivity index (χ2n) is 5.57. The molecule has 6 nitrogen and oxygen atoms in total. The van der Waals surface area contributed by atoms with Gasteiger partial charge in [-0.25, -0.2) is 9.59 Å². The van der Waals surface area contributed by atoms with E-state index in [-0.39, 0.29) is 47.4 Å². The molecule has 0 saturated heterocycles. The lowest BCUT2D eigenvalue weighted by molar-refractivity contribution is 0.0672. The molecule has 0 heterocycles. The highest BCUT2D eigenvalue weighted by molar-refractivity contribution is 5.97. The van der Waals surface area contributed by atoms with E-state index in [9.17, 15) is 19.8 Å². The normalized spacial score (nSPS) is 9.62. The zero-order valence-corrected chi connectivity index (χ0v) is 16.8. The Morgan fingerprint density at radius 2 is 1.12 bits per heavy atom. The van der Waals surface area contributed by atoms with Crippen LogP contribution >= 0.6 is 24.8 Å². The lowest BCUT2D eigenvalue weighted by Gasteiger charge is -2.14. The lowest BCUT2D eigenvalue weighted by Crippen LogP contribution is -2.10. The summed E-state index contributed by atoms with van der Waals surface area (Å²) in [5.41, 5.74) is -0.163. The molecule has 0 spiro atoms. The molecule has 2 N–H and O–H groups in total. The summed E-state index contributed by atoms with van der Waals surface area (Å²) in [7, 11) is 0. The summed E-state index contributed by atoms with van der Waals surface area (Å²) >= 11 is 0. The number of carbonyl (C=O) groups is 2. The van der Waals surface area contributed by atoms with Crippen molar-refractivity contribution in [3.63, 3.8) is 0 Å². The van der Waals surface area contributed by atoms with Gasteiger partial charge in [-0.05, 0) is 25.0 Å². The van der Waals surface area contributed by atoms with Crippen molar-refractivity contribution in [1.29, 1.82) is 0 Å². The number of benzene rings is 1. The fourth-order valence-electron chi connectivity index (χ4n) is 2.20. The summed E-state index contributed by atoms with van der Waals surface area (Å²) in [5, 5.41) is 18.7. The molecule has 0 amide bonds. The van der Waals surface area contributed by atoms with Gasteiger partial charge < -0.3 is 19.7 Å². The maximum absolute atomic E-state index is 11.4. The maximum Gasteiger partial charge on any atom is 0.339 e. The quantitative estimate of drug-likeness (QED) is 0.467. The average Bonchev–Trinajstić information content (AvgIpc) is 2.55. The smallest absolute Gasteiger partial charge is 0.339 e. The van der Waals surface area contributed by atoms with Crippen LogP contribution < -0.4 is 9.47 Å². The first-order chi connectivity index (χ1) is 11.5. The molecule has 150 valence electrons. The number of hydrogen-bond donors (Lipinski definition) is 2. The van der Waals surface area contributed by atoms with Crippen molar-refractivity contribution in [2.75, 3.05) is 13.2 Å². The zero-order valence-electron chi connectivity index (χ0n) is 15.2. The molecular formula is C18H28Cl2O6. The number of halogens is 2. The van der Waals surface area contributed by atoms with Gasteiger partial charge in [0.25, 0.3) is 0 Å². The number of unbranched alkanes of at least 4 members (excludes halogenated alkanes) is 4. The third-order valence-electron chi connectivity index (χ3n) is 3.55. The Hall–Kier alpha value is -1.66. The van der Waals surface area contributed by atoms with E-state index in [1.54, 1.807) is 0 Å². The van der Waals surface area contributed by atoms with Gasteiger partial charge in [-0.15, -0.1) is 24.8 Å². The van der Waals surface area contributed by atoms with Gasteiger partial charge >= 0.3 is 11.9 Å². The number of hydrogen-bond acceptors (Lipinski definition) is 4. The maximum atomic E-state index is 11.4. The van der Waals surface area contributed by atoms with Crippen molar-refractivity contribution in [2.45, 2.75) is 52.4 Å². The first-order valence-corrected chi connectivity index (χ1v) is 8.41. The molecule has 0 atom stereocenters. The van der Waals surface area contributed by atoms with Crippen LogP contribution in [-0.2, 0) is 0 Å². The molecule has 1 rings (SSSR count). The number of rotatable bonds is 12. The van der Waals surface area contributed by atoms with Crippen LogP contribution in [0.2, 0.25) is 0 Å². The molecule has 0 aromatic heterocycles. The second kappa shape index (κ2) is 14.5. The van der Waals surface area contributed by atoms with Crippen LogP contribution in [0.1, 0.15) is 73.1 Å². The van der Waals surface area contributed by atoms with Crippen LogP contribution in [0.3, 0.4) is 0 Å². The second-order valence-corrected chi connectivity index (χ2v) is 5.57. The molecule has 1 aromatic rings.